The van der Waals surface area contributed by atoms with Gasteiger partial charge in [-0.3, -0.25) is 0 Å². The van der Waals surface area contributed by atoms with E-state index in [0.29, 0.717) is 11.5 Å². The quantitative estimate of drug-likeness (QED) is 0.786. The average Bonchev–Trinajstić information content (AvgIpc) is 2.39. The van der Waals surface area contributed by atoms with Gasteiger partial charge in [-0.25, -0.2) is 4.79 Å². The van der Waals surface area contributed by atoms with Gasteiger partial charge in [-0.2, -0.15) is 0 Å². The van der Waals surface area contributed by atoms with Crippen LogP contribution < -0.4 is 0 Å². The zero-order valence-electron chi connectivity index (χ0n) is 10.1. The molecule has 0 amide bonds. The third-order valence-electron chi connectivity index (χ3n) is 3.71. The second-order valence-electron chi connectivity index (χ2n) is 4.72. The number of allylic oxidation sites excluding steroid dienone is 1. The van der Waals surface area contributed by atoms with Crippen molar-refractivity contribution in [1.29, 1.82) is 0 Å². The molecular formula is C15H18O2. The number of rotatable bonds is 2. The Morgan fingerprint density at radius 1 is 1.18 bits per heavy atom. The summed E-state index contributed by atoms with van der Waals surface area (Å²) in [6.07, 6.45) is 4.00. The normalized spacial score (nSPS) is 20.1. The minimum absolute atomic E-state index is 0.552. The highest BCUT2D eigenvalue weighted by Gasteiger charge is 2.20. The van der Waals surface area contributed by atoms with E-state index in [0.717, 1.165) is 31.3 Å². The molecule has 2 heteroatoms. The van der Waals surface area contributed by atoms with Gasteiger partial charge in [0.2, 0.25) is 0 Å². The standard InChI is InChI=1S/C15H18O2/c1-11(15(16)17)12-7-9-14(10-8-12)13-5-3-2-4-6-13/h2-6,14H,7-10H2,1H3,(H,16,17). The molecule has 2 nitrogen and oxygen atoms in total. The van der Waals surface area contributed by atoms with Crippen molar-refractivity contribution in [2.75, 3.05) is 0 Å². The minimum atomic E-state index is -0.766. The first kappa shape index (κ1) is 11.9. The lowest BCUT2D eigenvalue weighted by Crippen LogP contribution is -2.10. The van der Waals surface area contributed by atoms with Crippen LogP contribution in [0.5, 0.6) is 0 Å². The van der Waals surface area contributed by atoms with Crippen LogP contribution in [0, 0.1) is 0 Å². The van der Waals surface area contributed by atoms with Gasteiger partial charge >= 0.3 is 5.97 Å². The van der Waals surface area contributed by atoms with Crippen LogP contribution >= 0.6 is 0 Å². The van der Waals surface area contributed by atoms with Crippen LogP contribution in [-0.4, -0.2) is 11.1 Å². The van der Waals surface area contributed by atoms with Crippen molar-refractivity contribution < 1.29 is 9.90 Å². The lowest BCUT2D eigenvalue weighted by Gasteiger charge is -2.25. The first-order valence-corrected chi connectivity index (χ1v) is 6.15. The molecule has 1 aromatic rings. The highest BCUT2D eigenvalue weighted by molar-refractivity contribution is 5.86. The molecule has 0 aliphatic heterocycles. The summed E-state index contributed by atoms with van der Waals surface area (Å²) in [5, 5.41) is 8.96. The smallest absolute Gasteiger partial charge is 0.331 e. The molecule has 0 radical (unpaired) electrons. The average molecular weight is 230 g/mol. The third-order valence-corrected chi connectivity index (χ3v) is 3.71. The van der Waals surface area contributed by atoms with E-state index in [2.05, 4.69) is 24.3 Å². The molecular weight excluding hydrogens is 212 g/mol. The van der Waals surface area contributed by atoms with Crippen molar-refractivity contribution in [3.05, 3.63) is 47.0 Å². The zero-order valence-corrected chi connectivity index (χ0v) is 10.1. The second kappa shape index (κ2) is 5.17. The molecule has 0 unspecified atom stereocenters. The Hall–Kier alpha value is -1.57. The predicted octanol–water partition coefficient (Wildman–Crippen LogP) is 3.75. The number of hydrogen-bond acceptors (Lipinski definition) is 1. The van der Waals surface area contributed by atoms with Crippen molar-refractivity contribution >= 4 is 5.97 Å². The summed E-state index contributed by atoms with van der Waals surface area (Å²) in [5.41, 5.74) is 3.07. The fourth-order valence-corrected chi connectivity index (χ4v) is 2.55. The molecule has 1 aliphatic carbocycles. The van der Waals surface area contributed by atoms with Gasteiger partial charge in [0, 0.05) is 5.57 Å². The number of carboxylic acids is 1. The summed E-state index contributed by atoms with van der Waals surface area (Å²) in [5.74, 6) is -0.167. The summed E-state index contributed by atoms with van der Waals surface area (Å²) in [4.78, 5) is 10.9. The van der Waals surface area contributed by atoms with E-state index in [9.17, 15) is 4.79 Å². The topological polar surface area (TPSA) is 37.3 Å². The molecule has 1 aromatic carbocycles. The predicted molar refractivity (Wildman–Crippen MR) is 68.0 cm³/mol. The van der Waals surface area contributed by atoms with Crippen LogP contribution in [0.4, 0.5) is 0 Å². The molecule has 0 aromatic heterocycles. The summed E-state index contributed by atoms with van der Waals surface area (Å²) in [7, 11) is 0. The van der Waals surface area contributed by atoms with Crippen LogP contribution in [0.2, 0.25) is 0 Å². The number of aliphatic carboxylic acids is 1. The van der Waals surface area contributed by atoms with E-state index in [-0.39, 0.29) is 0 Å². The lowest BCUT2D eigenvalue weighted by molar-refractivity contribution is -0.132. The van der Waals surface area contributed by atoms with Crippen molar-refractivity contribution in [1.82, 2.24) is 0 Å². The van der Waals surface area contributed by atoms with Gasteiger partial charge in [0.25, 0.3) is 0 Å². The Labute approximate surface area is 102 Å². The number of benzene rings is 1. The molecule has 1 saturated carbocycles. The third kappa shape index (κ3) is 2.76. The van der Waals surface area contributed by atoms with Crippen LogP contribution in [0.3, 0.4) is 0 Å². The van der Waals surface area contributed by atoms with E-state index >= 15 is 0 Å². The molecule has 0 saturated heterocycles. The monoisotopic (exact) mass is 230 g/mol. The summed E-state index contributed by atoms with van der Waals surface area (Å²) in [6, 6.07) is 10.5. The summed E-state index contributed by atoms with van der Waals surface area (Å²) >= 11 is 0. The van der Waals surface area contributed by atoms with Crippen LogP contribution in [0.25, 0.3) is 0 Å². The van der Waals surface area contributed by atoms with Gasteiger partial charge in [-0.15, -0.1) is 0 Å². The summed E-state index contributed by atoms with van der Waals surface area (Å²) in [6.45, 7) is 1.72. The van der Waals surface area contributed by atoms with E-state index in [1.165, 1.54) is 5.56 Å². The van der Waals surface area contributed by atoms with Gasteiger partial charge in [0.1, 0.15) is 0 Å². The van der Waals surface area contributed by atoms with Crippen molar-refractivity contribution in [2.24, 2.45) is 0 Å². The molecule has 1 aliphatic rings. The van der Waals surface area contributed by atoms with Crippen molar-refractivity contribution in [3.8, 4) is 0 Å². The SMILES string of the molecule is CC(C(=O)O)=C1CCC(c2ccccc2)CC1. The van der Waals surface area contributed by atoms with Gasteiger partial charge < -0.3 is 5.11 Å². The highest BCUT2D eigenvalue weighted by Crippen LogP contribution is 2.36. The van der Waals surface area contributed by atoms with Crippen LogP contribution in [0.1, 0.15) is 44.1 Å². The Morgan fingerprint density at radius 2 is 1.76 bits per heavy atom. The molecule has 0 atom stereocenters. The van der Waals surface area contributed by atoms with Crippen molar-refractivity contribution in [2.45, 2.75) is 38.5 Å². The summed E-state index contributed by atoms with van der Waals surface area (Å²) < 4.78 is 0. The van der Waals surface area contributed by atoms with E-state index < -0.39 is 5.97 Å². The van der Waals surface area contributed by atoms with Crippen molar-refractivity contribution in [3.63, 3.8) is 0 Å². The van der Waals surface area contributed by atoms with Gasteiger partial charge in [0.05, 0.1) is 0 Å². The van der Waals surface area contributed by atoms with Crippen LogP contribution in [0.15, 0.2) is 41.5 Å². The first-order chi connectivity index (χ1) is 8.18. The molecule has 0 bridgehead atoms. The zero-order chi connectivity index (χ0) is 12.3. The van der Waals surface area contributed by atoms with Gasteiger partial charge in [-0.1, -0.05) is 35.9 Å². The molecule has 0 spiro atoms. The maximum absolute atomic E-state index is 10.9. The fraction of sp³-hybridized carbons (Fsp3) is 0.400. The van der Waals surface area contributed by atoms with E-state index in [4.69, 9.17) is 5.11 Å². The maximum atomic E-state index is 10.9. The van der Waals surface area contributed by atoms with Crippen LogP contribution in [-0.2, 0) is 4.79 Å². The van der Waals surface area contributed by atoms with Gasteiger partial charge in [0.15, 0.2) is 0 Å². The fourth-order valence-electron chi connectivity index (χ4n) is 2.55. The van der Waals surface area contributed by atoms with E-state index in [1.54, 1.807) is 6.92 Å². The Balaban J connectivity index is 2.04. The molecule has 1 fully saturated rings. The Morgan fingerprint density at radius 3 is 2.29 bits per heavy atom. The van der Waals surface area contributed by atoms with Gasteiger partial charge in [-0.05, 0) is 44.1 Å². The largest absolute Gasteiger partial charge is 0.478 e. The van der Waals surface area contributed by atoms with E-state index in [1.807, 2.05) is 6.07 Å². The molecule has 1 N–H and O–H groups in total. The highest BCUT2D eigenvalue weighted by atomic mass is 16.4. The second-order valence-corrected chi connectivity index (χ2v) is 4.72. The molecule has 0 heterocycles. The Kier molecular flexibility index (Phi) is 3.62. The molecule has 2 rings (SSSR count). The minimum Gasteiger partial charge on any atom is -0.478 e. The Bertz CT molecular complexity index is 421. The molecule has 90 valence electrons. The number of carboxylic acid groups (broad SMARTS) is 1. The lowest BCUT2D eigenvalue weighted by atomic mass is 9.80. The maximum Gasteiger partial charge on any atom is 0.331 e. The number of hydrogen-bond donors (Lipinski definition) is 1. The number of carbonyl (C=O) groups is 1. The first-order valence-electron chi connectivity index (χ1n) is 6.15. The molecule has 17 heavy (non-hydrogen) atoms.